The number of halogens is 1. The number of ether oxygens (including phenoxy) is 1. The van der Waals surface area contributed by atoms with Gasteiger partial charge in [-0.15, -0.1) is 0 Å². The third kappa shape index (κ3) is 4.73. The van der Waals surface area contributed by atoms with E-state index in [-0.39, 0.29) is 16.4 Å². The van der Waals surface area contributed by atoms with E-state index in [4.69, 9.17) is 4.74 Å². The number of nitrogens with one attached hydrogen (secondary N) is 1. The first-order valence-electron chi connectivity index (χ1n) is 7.52. The summed E-state index contributed by atoms with van der Waals surface area (Å²) in [6.45, 7) is 5.82. The van der Waals surface area contributed by atoms with Gasteiger partial charge in [0.05, 0.1) is 22.2 Å². The van der Waals surface area contributed by atoms with Crippen molar-refractivity contribution in [2.75, 3.05) is 6.61 Å². The van der Waals surface area contributed by atoms with E-state index < -0.39 is 10.0 Å². The minimum atomic E-state index is -3.76. The van der Waals surface area contributed by atoms with Crippen molar-refractivity contribution in [2.45, 2.75) is 25.7 Å². The summed E-state index contributed by atoms with van der Waals surface area (Å²) in [4.78, 5) is 2.37. The van der Waals surface area contributed by atoms with Crippen LogP contribution < -0.4 is 9.57 Å². The van der Waals surface area contributed by atoms with E-state index in [2.05, 4.69) is 25.9 Å². The normalized spacial score (nSPS) is 11.7. The second-order valence-corrected chi connectivity index (χ2v) is 7.89. The maximum absolute atomic E-state index is 12.3. The lowest BCUT2D eigenvalue weighted by molar-refractivity contribution is 0.317. The molecule has 0 radical (unpaired) electrons. The molecule has 0 spiro atoms. The fourth-order valence-electron chi connectivity index (χ4n) is 2.25. The zero-order valence-corrected chi connectivity index (χ0v) is 16.5. The molecular weight excluding hydrogens is 408 g/mol. The van der Waals surface area contributed by atoms with E-state index in [0.717, 1.165) is 5.56 Å². The molecule has 0 aliphatic rings. The second-order valence-electron chi connectivity index (χ2n) is 5.40. The molecule has 25 heavy (non-hydrogen) atoms. The summed E-state index contributed by atoms with van der Waals surface area (Å²) < 4.78 is 30.4. The van der Waals surface area contributed by atoms with Gasteiger partial charge < -0.3 is 9.84 Å². The van der Waals surface area contributed by atoms with Gasteiger partial charge in [-0.1, -0.05) is 17.7 Å². The number of phenols is 1. The molecule has 0 aliphatic carbocycles. The minimum Gasteiger partial charge on any atom is -0.503 e. The maximum Gasteiger partial charge on any atom is 0.276 e. The number of phenolic OH excluding ortho intramolecular Hbond substituents is 1. The molecule has 0 fully saturated rings. The SMILES string of the molecule is CCOc1cc(/C=N/NS(=O)(=O)c2ccc(C)cc2C)cc(Br)c1O. The molecule has 0 bridgehead atoms. The van der Waals surface area contributed by atoms with Crippen LogP contribution in [0.3, 0.4) is 0 Å². The summed E-state index contributed by atoms with van der Waals surface area (Å²) >= 11 is 3.22. The van der Waals surface area contributed by atoms with Crippen molar-refractivity contribution in [3.63, 3.8) is 0 Å². The Balaban J connectivity index is 2.22. The number of aryl methyl sites for hydroxylation is 2. The van der Waals surface area contributed by atoms with Gasteiger partial charge in [-0.3, -0.25) is 0 Å². The third-order valence-electron chi connectivity index (χ3n) is 3.36. The van der Waals surface area contributed by atoms with Crippen molar-refractivity contribution >= 4 is 32.2 Å². The van der Waals surface area contributed by atoms with Gasteiger partial charge in [0.1, 0.15) is 0 Å². The minimum absolute atomic E-state index is 0.0186. The summed E-state index contributed by atoms with van der Waals surface area (Å²) in [5, 5.41) is 13.7. The molecule has 0 atom stereocenters. The molecule has 0 saturated carbocycles. The number of hydrazone groups is 1. The van der Waals surface area contributed by atoms with E-state index in [1.165, 1.54) is 6.21 Å². The van der Waals surface area contributed by atoms with E-state index in [1.54, 1.807) is 44.2 Å². The van der Waals surface area contributed by atoms with Crippen molar-refractivity contribution in [3.05, 3.63) is 51.5 Å². The summed E-state index contributed by atoms with van der Waals surface area (Å²) in [6, 6.07) is 8.25. The Morgan fingerprint density at radius 1 is 1.28 bits per heavy atom. The molecule has 0 aliphatic heterocycles. The average molecular weight is 427 g/mol. The molecule has 0 saturated heterocycles. The smallest absolute Gasteiger partial charge is 0.276 e. The predicted molar refractivity (Wildman–Crippen MR) is 101 cm³/mol. The number of hydrogen-bond donors (Lipinski definition) is 2. The van der Waals surface area contributed by atoms with Gasteiger partial charge in [0.15, 0.2) is 11.5 Å². The summed E-state index contributed by atoms with van der Waals surface area (Å²) in [6.07, 6.45) is 1.34. The molecule has 2 aromatic carbocycles. The van der Waals surface area contributed by atoms with Crippen LogP contribution in [0.5, 0.6) is 11.5 Å². The highest BCUT2D eigenvalue weighted by Gasteiger charge is 2.15. The number of benzene rings is 2. The van der Waals surface area contributed by atoms with E-state index in [1.807, 2.05) is 6.92 Å². The fraction of sp³-hybridized carbons (Fsp3) is 0.235. The van der Waals surface area contributed by atoms with Crippen LogP contribution in [0.15, 0.2) is 44.8 Å². The summed E-state index contributed by atoms with van der Waals surface area (Å²) in [5.74, 6) is 0.269. The standard InChI is InChI=1S/C17H19BrN2O4S/c1-4-24-15-9-13(8-14(18)17(15)21)10-19-20-25(22,23)16-6-5-11(2)7-12(16)3/h5-10,20-21H,4H2,1-3H3/b19-10+. The Kier molecular flexibility index (Phi) is 6.07. The molecule has 2 N–H and O–H groups in total. The number of sulfonamides is 1. The Bertz CT molecular complexity index is 911. The Morgan fingerprint density at radius 3 is 2.64 bits per heavy atom. The van der Waals surface area contributed by atoms with Gasteiger partial charge in [-0.2, -0.15) is 13.5 Å². The van der Waals surface area contributed by atoms with Crippen LogP contribution >= 0.6 is 15.9 Å². The van der Waals surface area contributed by atoms with Crippen LogP contribution in [-0.2, 0) is 10.0 Å². The number of aromatic hydroxyl groups is 1. The van der Waals surface area contributed by atoms with Gasteiger partial charge in [0.25, 0.3) is 10.0 Å². The molecule has 0 heterocycles. The second kappa shape index (κ2) is 7.88. The predicted octanol–water partition coefficient (Wildman–Crippen LogP) is 3.48. The summed E-state index contributed by atoms with van der Waals surface area (Å²) in [5.41, 5.74) is 2.20. The first-order valence-corrected chi connectivity index (χ1v) is 9.79. The average Bonchev–Trinajstić information content (AvgIpc) is 2.51. The fourth-order valence-corrected chi connectivity index (χ4v) is 3.73. The van der Waals surface area contributed by atoms with Gasteiger partial charge in [0.2, 0.25) is 0 Å². The quantitative estimate of drug-likeness (QED) is 0.546. The zero-order valence-electron chi connectivity index (χ0n) is 14.1. The Hall–Kier alpha value is -2.06. The van der Waals surface area contributed by atoms with Gasteiger partial charge in [-0.05, 0) is 66.0 Å². The van der Waals surface area contributed by atoms with Crippen molar-refractivity contribution in [1.82, 2.24) is 4.83 Å². The highest BCUT2D eigenvalue weighted by Crippen LogP contribution is 2.35. The number of nitrogens with zero attached hydrogens (tertiary/aromatic N) is 1. The first kappa shape index (κ1) is 19.3. The van der Waals surface area contributed by atoms with Crippen molar-refractivity contribution < 1.29 is 18.3 Å². The largest absolute Gasteiger partial charge is 0.503 e. The van der Waals surface area contributed by atoms with Crippen LogP contribution in [0.4, 0.5) is 0 Å². The molecular formula is C17H19BrN2O4S. The molecule has 2 aromatic rings. The van der Waals surface area contributed by atoms with Gasteiger partial charge in [0, 0.05) is 0 Å². The zero-order chi connectivity index (χ0) is 18.6. The molecule has 2 rings (SSSR count). The molecule has 0 aromatic heterocycles. The van der Waals surface area contributed by atoms with Crippen LogP contribution in [0.1, 0.15) is 23.6 Å². The lowest BCUT2D eigenvalue weighted by atomic mass is 10.2. The van der Waals surface area contributed by atoms with Crippen LogP contribution in [-0.4, -0.2) is 26.3 Å². The van der Waals surface area contributed by atoms with Crippen molar-refractivity contribution in [2.24, 2.45) is 5.10 Å². The Labute approximate surface area is 155 Å². The molecule has 134 valence electrons. The molecule has 6 nitrogen and oxygen atoms in total. The van der Waals surface area contributed by atoms with Crippen LogP contribution in [0.2, 0.25) is 0 Å². The van der Waals surface area contributed by atoms with Crippen molar-refractivity contribution in [1.29, 1.82) is 0 Å². The van der Waals surface area contributed by atoms with E-state index in [0.29, 0.717) is 22.2 Å². The lowest BCUT2D eigenvalue weighted by Crippen LogP contribution is -2.19. The van der Waals surface area contributed by atoms with Gasteiger partial charge >= 0.3 is 0 Å². The lowest BCUT2D eigenvalue weighted by Gasteiger charge is -2.09. The number of hydrogen-bond acceptors (Lipinski definition) is 5. The van der Waals surface area contributed by atoms with E-state index in [9.17, 15) is 13.5 Å². The first-order chi connectivity index (χ1) is 11.7. The van der Waals surface area contributed by atoms with Gasteiger partial charge in [-0.25, -0.2) is 4.83 Å². The molecule has 8 heteroatoms. The third-order valence-corrected chi connectivity index (χ3v) is 5.34. The number of rotatable bonds is 6. The Morgan fingerprint density at radius 2 is 2.00 bits per heavy atom. The topological polar surface area (TPSA) is 88.0 Å². The molecule has 0 amide bonds. The monoisotopic (exact) mass is 426 g/mol. The molecule has 0 unspecified atom stereocenters. The summed E-state index contributed by atoms with van der Waals surface area (Å²) in [7, 11) is -3.76. The van der Waals surface area contributed by atoms with Crippen molar-refractivity contribution in [3.8, 4) is 11.5 Å². The highest BCUT2D eigenvalue weighted by atomic mass is 79.9. The van der Waals surface area contributed by atoms with Crippen LogP contribution in [0, 0.1) is 13.8 Å². The maximum atomic E-state index is 12.3. The highest BCUT2D eigenvalue weighted by molar-refractivity contribution is 9.10. The van der Waals surface area contributed by atoms with Crippen LogP contribution in [0.25, 0.3) is 0 Å². The van der Waals surface area contributed by atoms with E-state index >= 15 is 0 Å².